The fourth-order valence-electron chi connectivity index (χ4n) is 6.44. The summed E-state index contributed by atoms with van der Waals surface area (Å²) < 4.78 is 44.9. The summed E-state index contributed by atoms with van der Waals surface area (Å²) >= 11 is 0. The van der Waals surface area contributed by atoms with Gasteiger partial charge in [-0.25, -0.2) is 18.4 Å². The van der Waals surface area contributed by atoms with Crippen LogP contribution in [-0.4, -0.2) is 124 Å². The molecule has 14 nitrogen and oxygen atoms in total. The number of aliphatic hydroxyl groups is 1. The molecule has 6 rings (SSSR count). The number of rotatable bonds is 11. The average molecular weight is 730 g/mol. The van der Waals surface area contributed by atoms with E-state index in [2.05, 4.69) is 0 Å². The number of nitrogens with zero attached hydrogens (tertiary/aromatic N) is 5. The van der Waals surface area contributed by atoms with Gasteiger partial charge in [0.2, 0.25) is 5.91 Å². The number of carbonyl (C=O) groups excluding carboxylic acids is 5. The highest BCUT2D eigenvalue weighted by Crippen LogP contribution is 2.31. The fourth-order valence-corrected chi connectivity index (χ4v) is 6.44. The van der Waals surface area contributed by atoms with Gasteiger partial charge in [0.1, 0.15) is 42.0 Å². The summed E-state index contributed by atoms with van der Waals surface area (Å²) in [6.07, 6.45) is -0.0977. The number of halogens is 2. The topological polar surface area (TPSA) is 149 Å². The second kappa shape index (κ2) is 17.6. The minimum absolute atomic E-state index is 0.0330. The number of aliphatic hydroxyl groups excluding tert-OH is 1. The Bertz CT molecular complexity index is 1630. The first kappa shape index (κ1) is 38.4. The maximum atomic E-state index is 14.7. The van der Waals surface area contributed by atoms with Crippen LogP contribution in [0.15, 0.2) is 36.4 Å². The molecule has 4 aliphatic rings. The molecule has 0 bridgehead atoms. The van der Waals surface area contributed by atoms with Crippen molar-refractivity contribution >= 4 is 52.4 Å². The third kappa shape index (κ3) is 9.73. The summed E-state index contributed by atoms with van der Waals surface area (Å²) in [6, 6.07) is 9.35. The lowest BCUT2D eigenvalue weighted by Crippen LogP contribution is -2.49. The normalized spacial score (nSPS) is 20.4. The molecule has 282 valence electrons. The number of carbonyl (C=O) groups is 5. The van der Waals surface area contributed by atoms with Gasteiger partial charge in [0, 0.05) is 52.1 Å². The monoisotopic (exact) mass is 729 g/mol. The third-order valence-electron chi connectivity index (χ3n) is 9.33. The van der Waals surface area contributed by atoms with E-state index in [1.54, 1.807) is 29.2 Å². The zero-order valence-corrected chi connectivity index (χ0v) is 29.4. The van der Waals surface area contributed by atoms with Crippen molar-refractivity contribution in [2.75, 3.05) is 91.8 Å². The zero-order chi connectivity index (χ0) is 37.4. The summed E-state index contributed by atoms with van der Waals surface area (Å²) in [5.74, 6) is -1.06. The number of hydrogen-bond donors (Lipinski definition) is 1. The van der Waals surface area contributed by atoms with Crippen LogP contribution in [0.4, 0.5) is 41.1 Å². The van der Waals surface area contributed by atoms with Gasteiger partial charge in [0.25, 0.3) is 0 Å². The first-order valence-corrected chi connectivity index (χ1v) is 17.4. The molecule has 2 atom stereocenters. The first-order chi connectivity index (χ1) is 24.9. The Morgan fingerprint density at radius 3 is 1.56 bits per heavy atom. The molecule has 0 saturated carbocycles. The van der Waals surface area contributed by atoms with E-state index < -0.39 is 24.6 Å². The van der Waals surface area contributed by atoms with Crippen molar-refractivity contribution in [2.24, 2.45) is 0 Å². The van der Waals surface area contributed by atoms with E-state index in [4.69, 9.17) is 19.3 Å². The van der Waals surface area contributed by atoms with Gasteiger partial charge < -0.3 is 43.6 Å². The summed E-state index contributed by atoms with van der Waals surface area (Å²) in [7, 11) is 0. The number of ether oxygens (including phenoxy) is 3. The van der Waals surface area contributed by atoms with Crippen molar-refractivity contribution in [3.8, 4) is 0 Å². The van der Waals surface area contributed by atoms with Crippen molar-refractivity contribution in [1.82, 2.24) is 4.90 Å². The fraction of sp³-hybridized carbons (Fsp3) is 0.528. The molecular weight excluding hydrogens is 684 g/mol. The average Bonchev–Trinajstić information content (AvgIpc) is 3.71. The molecule has 4 fully saturated rings. The maximum absolute atomic E-state index is 14.7. The largest absolute Gasteiger partial charge is 0.444 e. The lowest BCUT2D eigenvalue weighted by Gasteiger charge is -2.36. The molecule has 3 amide bonds. The lowest BCUT2D eigenvalue weighted by molar-refractivity contribution is -0.134. The molecule has 0 unspecified atom stereocenters. The van der Waals surface area contributed by atoms with E-state index in [9.17, 15) is 32.8 Å². The quantitative estimate of drug-likeness (QED) is 0.362. The van der Waals surface area contributed by atoms with Crippen LogP contribution >= 0.6 is 0 Å². The number of Topliss-reactive ketones (excluding diaryl/α,β-unsaturated/α-hetero) is 2. The van der Waals surface area contributed by atoms with E-state index in [1.807, 2.05) is 9.80 Å². The highest BCUT2D eigenvalue weighted by molar-refractivity contribution is 5.91. The van der Waals surface area contributed by atoms with E-state index >= 15 is 0 Å². The standard InChI is InChI=1S/C19H24FN3O5.C17H21FN2O4/c1-13(25)2-4-15-11-23(19(27)28-15)14-3-5-17(16(20)10-14)21-6-8-22(9-7-21)18(26)12-24;1-12(21)2-4-14-11-20(17(22)24-14)13-3-5-16(15(18)10-13)19-6-8-23-9-7-19/h3,5,10,15,24H,2,4,6-9,11-12H2,1H3;3,5,10,14H,2,4,6-9,11H2,1H3/t15-;14-/m00/s1. The molecule has 52 heavy (non-hydrogen) atoms. The minimum Gasteiger partial charge on any atom is -0.444 e. The van der Waals surface area contributed by atoms with Crippen LogP contribution in [0.3, 0.4) is 0 Å². The van der Waals surface area contributed by atoms with E-state index in [-0.39, 0.29) is 42.0 Å². The van der Waals surface area contributed by atoms with Crippen LogP contribution in [0, 0.1) is 11.6 Å². The Morgan fingerprint density at radius 1 is 0.712 bits per heavy atom. The second-order valence-electron chi connectivity index (χ2n) is 13.1. The van der Waals surface area contributed by atoms with Gasteiger partial charge in [0.05, 0.1) is 49.1 Å². The predicted octanol–water partition coefficient (Wildman–Crippen LogP) is 3.52. The predicted molar refractivity (Wildman–Crippen MR) is 187 cm³/mol. The van der Waals surface area contributed by atoms with Crippen LogP contribution in [0.1, 0.15) is 39.5 Å². The lowest BCUT2D eigenvalue weighted by atomic mass is 10.1. The molecule has 2 aromatic rings. The number of cyclic esters (lactones) is 2. The van der Waals surface area contributed by atoms with Crippen molar-refractivity contribution in [1.29, 1.82) is 0 Å². The van der Waals surface area contributed by atoms with Crippen molar-refractivity contribution < 1.29 is 52.1 Å². The van der Waals surface area contributed by atoms with Gasteiger partial charge in [0.15, 0.2) is 0 Å². The second-order valence-corrected chi connectivity index (χ2v) is 13.1. The van der Waals surface area contributed by atoms with Gasteiger partial charge in [-0.2, -0.15) is 0 Å². The van der Waals surface area contributed by atoms with Crippen LogP contribution in [-0.2, 0) is 28.6 Å². The molecular formula is C36H45F2N5O9. The molecule has 16 heteroatoms. The minimum atomic E-state index is -0.545. The SMILES string of the molecule is CC(=O)CC[C@H]1CN(c2ccc(N3CCN(C(=O)CO)CC3)c(F)c2)C(=O)O1.CC(=O)CC[C@H]1CN(c2ccc(N3CCOCC3)c(F)c2)C(=O)O1. The third-order valence-corrected chi connectivity index (χ3v) is 9.33. The molecule has 4 aliphatic heterocycles. The summed E-state index contributed by atoms with van der Waals surface area (Å²) in [5, 5.41) is 8.93. The highest BCUT2D eigenvalue weighted by Gasteiger charge is 2.34. The molecule has 0 aromatic heterocycles. The Hall–Kier alpha value is -4.83. The Balaban J connectivity index is 0.000000203. The number of hydrogen-bond acceptors (Lipinski definition) is 11. The highest BCUT2D eigenvalue weighted by atomic mass is 19.1. The molecule has 0 spiro atoms. The van der Waals surface area contributed by atoms with Crippen molar-refractivity contribution in [3.63, 3.8) is 0 Å². The van der Waals surface area contributed by atoms with Crippen LogP contribution in [0.25, 0.3) is 0 Å². The van der Waals surface area contributed by atoms with Gasteiger partial charge in [-0.15, -0.1) is 0 Å². The number of anilines is 4. The summed E-state index contributed by atoms with van der Waals surface area (Å²) in [5.41, 5.74) is 1.80. The van der Waals surface area contributed by atoms with E-state index in [0.29, 0.717) is 107 Å². The Kier molecular flexibility index (Phi) is 13.0. The molecule has 0 radical (unpaired) electrons. The maximum Gasteiger partial charge on any atom is 0.414 e. The molecule has 4 saturated heterocycles. The van der Waals surface area contributed by atoms with Gasteiger partial charge in [-0.1, -0.05) is 0 Å². The van der Waals surface area contributed by atoms with Crippen LogP contribution in [0.5, 0.6) is 0 Å². The molecule has 1 N–H and O–H groups in total. The van der Waals surface area contributed by atoms with Crippen LogP contribution in [0.2, 0.25) is 0 Å². The smallest absolute Gasteiger partial charge is 0.414 e. The van der Waals surface area contributed by atoms with Gasteiger partial charge in [-0.3, -0.25) is 14.6 Å². The van der Waals surface area contributed by atoms with Gasteiger partial charge in [-0.05, 0) is 63.1 Å². The molecule has 0 aliphatic carbocycles. The summed E-state index contributed by atoms with van der Waals surface area (Å²) in [6.45, 7) is 7.29. The first-order valence-electron chi connectivity index (χ1n) is 17.4. The van der Waals surface area contributed by atoms with E-state index in [0.717, 1.165) is 0 Å². The number of morpholine rings is 1. The number of piperazine rings is 1. The number of benzene rings is 2. The Morgan fingerprint density at radius 2 is 1.15 bits per heavy atom. The van der Waals surface area contributed by atoms with E-state index in [1.165, 1.54) is 35.8 Å². The van der Waals surface area contributed by atoms with Crippen molar-refractivity contribution in [3.05, 3.63) is 48.0 Å². The zero-order valence-electron chi connectivity index (χ0n) is 29.4. The number of amides is 3. The number of ketones is 2. The van der Waals surface area contributed by atoms with Crippen LogP contribution < -0.4 is 19.6 Å². The van der Waals surface area contributed by atoms with Crippen molar-refractivity contribution in [2.45, 2.75) is 51.7 Å². The van der Waals surface area contributed by atoms with Gasteiger partial charge >= 0.3 is 12.2 Å². The summed E-state index contributed by atoms with van der Waals surface area (Å²) in [4.78, 5) is 65.8. The Labute approximate surface area is 300 Å². The molecule has 4 heterocycles. The molecule has 2 aromatic carbocycles.